The number of anilines is 3. The van der Waals surface area contributed by atoms with Crippen LogP contribution in [-0.2, 0) is 62.6 Å². The maximum absolute atomic E-state index is 15.0. The third-order valence-corrected chi connectivity index (χ3v) is 14.7. The largest absolute Gasteiger partial charge is 0.444 e. The molecule has 0 saturated carbocycles. The Morgan fingerprint density at radius 1 is 0.505 bits per heavy atom. The van der Waals surface area contributed by atoms with Gasteiger partial charge in [-0.15, -0.1) is 0 Å². The number of carbonyl (C=O) groups excluding carboxylic acids is 9. The first-order valence-electron chi connectivity index (χ1n) is 30.4. The summed E-state index contributed by atoms with van der Waals surface area (Å²) in [5.74, 6) is -2.68. The Kier molecular flexibility index (Phi) is 24.9. The molecule has 27 heteroatoms. The summed E-state index contributed by atoms with van der Waals surface area (Å²) < 4.78 is 65.2. The number of cyclic esters (lactones) is 3. The zero-order chi connectivity index (χ0) is 69.3. The van der Waals surface area contributed by atoms with Gasteiger partial charge in [-0.05, 0) is 123 Å². The van der Waals surface area contributed by atoms with Crippen LogP contribution in [0.4, 0.5) is 49.4 Å². The Labute approximate surface area is 547 Å². The highest BCUT2D eigenvalue weighted by Crippen LogP contribution is 2.33. The number of ether oxygens (including phenoxy) is 4. The number of carbonyl (C=O) groups is 9. The fourth-order valence-corrected chi connectivity index (χ4v) is 9.67. The van der Waals surface area contributed by atoms with Crippen molar-refractivity contribution in [3.63, 3.8) is 0 Å². The smallest absolute Gasteiger partial charge is 0.414 e. The molecule has 3 fully saturated rings. The monoisotopic (exact) mass is 1310 g/mol. The number of nitrogens with zero attached hydrogens (tertiary/aromatic N) is 3. The first-order chi connectivity index (χ1) is 45.0. The van der Waals surface area contributed by atoms with E-state index in [1.807, 2.05) is 24.3 Å². The molecule has 24 nitrogen and oxygen atoms in total. The van der Waals surface area contributed by atoms with Gasteiger partial charge in [0, 0.05) is 57.1 Å². The fraction of sp³-hybridized carbons (Fsp3) is 0.338. The number of nitrogens with two attached hydrogens (primary N) is 2. The molecule has 0 spiro atoms. The quantitative estimate of drug-likeness (QED) is 0.0338. The lowest BCUT2D eigenvalue weighted by Crippen LogP contribution is -2.46. The van der Waals surface area contributed by atoms with E-state index in [-0.39, 0.29) is 75.3 Å². The van der Waals surface area contributed by atoms with Crippen LogP contribution in [0, 0.1) is 17.5 Å². The standard InChI is InChI=1S/C27H33FN4O6.C22H25FN4O4.C19H20FN3O3/c1-16(31-25(35)38-27(3,4)5)24(34)30-13-18-6-8-19(9-7-18)22-11-10-20(12-23(22)28)32-15-21(37-26(32)36)14-29-17(2)33;1-13(24)21(29)26-10-15-3-5-16(6-4-15)19-8-7-17(9-20(19)23)27-12-18(31-22(27)30)11-25-14(2)28;1-12(24)22-10-16-11-23(19(25)26-16)15-6-7-17(18(20)8-15)14-4-2-13(9-21)3-5-14/h6-12,16,21H,13-15H2,1-5H3,(H,29,33)(H,30,34)(H,31,35);3-9,13,18H,10-12,24H2,1-2H3,(H,25,28)(H,26,29);2-8,16H,9-11,21H2,1H3,(H,22,24)/t16-,21-;13-,18-;16-/m000/s1. The van der Waals surface area contributed by atoms with Crippen LogP contribution in [0.1, 0.15) is 72.1 Å². The van der Waals surface area contributed by atoms with Gasteiger partial charge in [0.2, 0.25) is 29.5 Å². The Hall–Kier alpha value is -10.5. The maximum Gasteiger partial charge on any atom is 0.414 e. The average Bonchev–Trinajstić information content (AvgIpc) is 1.81. The molecule has 0 unspecified atom stereocenters. The minimum atomic E-state index is -0.787. The molecule has 3 heterocycles. The summed E-state index contributed by atoms with van der Waals surface area (Å²) in [7, 11) is 0. The van der Waals surface area contributed by atoms with Crippen molar-refractivity contribution in [1.29, 1.82) is 0 Å². The van der Waals surface area contributed by atoms with Gasteiger partial charge in [0.05, 0.1) is 62.4 Å². The van der Waals surface area contributed by atoms with Gasteiger partial charge in [-0.25, -0.2) is 32.3 Å². The van der Waals surface area contributed by atoms with Gasteiger partial charge < -0.3 is 62.3 Å². The molecule has 0 aliphatic carbocycles. The highest BCUT2D eigenvalue weighted by Gasteiger charge is 2.35. The molecule has 3 saturated heterocycles. The predicted molar refractivity (Wildman–Crippen MR) is 348 cm³/mol. The SMILES string of the molecule is CC(=O)NC[C@H]1CN(c2ccc(-c3ccc(CN)cc3)c(F)c2)C(=O)O1.CC(=O)NC[C@H]1CN(c2ccc(-c3ccc(CNC(=O)[C@H](C)N)cc3)c(F)c2)C(=O)O1.CC(=O)NC[C@H]1CN(c2ccc(-c3ccc(CNC(=O)[C@H](C)NC(=O)OC(C)(C)C)cc3)c(F)c2)C(=O)O1. The van der Waals surface area contributed by atoms with E-state index in [0.717, 1.165) is 22.3 Å². The molecule has 3 aliphatic rings. The van der Waals surface area contributed by atoms with Crippen LogP contribution in [0.15, 0.2) is 127 Å². The first kappa shape index (κ1) is 71.9. The van der Waals surface area contributed by atoms with E-state index >= 15 is 0 Å². The Morgan fingerprint density at radius 2 is 0.821 bits per heavy atom. The first-order valence-corrected chi connectivity index (χ1v) is 30.4. The minimum absolute atomic E-state index is 0.185. The lowest BCUT2D eigenvalue weighted by molar-refractivity contribution is -0.123. The number of amides is 9. The fourth-order valence-electron chi connectivity index (χ4n) is 9.67. The molecule has 10 N–H and O–H groups in total. The number of hydrogen-bond acceptors (Lipinski definition) is 15. The van der Waals surface area contributed by atoms with Crippen molar-refractivity contribution in [3.8, 4) is 33.4 Å². The van der Waals surface area contributed by atoms with Crippen LogP contribution in [-0.4, -0.2) is 129 Å². The van der Waals surface area contributed by atoms with Crippen molar-refractivity contribution < 1.29 is 75.3 Å². The molecule has 9 amide bonds. The molecule has 5 atom stereocenters. The van der Waals surface area contributed by atoms with Crippen LogP contribution in [0.3, 0.4) is 0 Å². The molecule has 3 aliphatic heterocycles. The number of hydrogen-bond donors (Lipinski definition) is 8. The van der Waals surface area contributed by atoms with Gasteiger partial charge >= 0.3 is 24.4 Å². The molecule has 504 valence electrons. The second kappa shape index (κ2) is 32.8. The lowest BCUT2D eigenvalue weighted by Gasteiger charge is -2.21. The molecule has 95 heavy (non-hydrogen) atoms. The summed E-state index contributed by atoms with van der Waals surface area (Å²) in [4.78, 5) is 109. The van der Waals surface area contributed by atoms with Gasteiger partial charge in [-0.3, -0.25) is 38.7 Å². The molecular weight excluding hydrogens is 1240 g/mol. The summed E-state index contributed by atoms with van der Waals surface area (Å²) in [6, 6.07) is 33.7. The van der Waals surface area contributed by atoms with E-state index in [2.05, 4.69) is 31.9 Å². The summed E-state index contributed by atoms with van der Waals surface area (Å²) in [5, 5.41) is 15.8. The predicted octanol–water partition coefficient (Wildman–Crippen LogP) is 7.81. The number of rotatable bonds is 20. The second-order valence-corrected chi connectivity index (χ2v) is 23.5. The molecule has 0 aromatic heterocycles. The van der Waals surface area contributed by atoms with Gasteiger partial charge in [-0.1, -0.05) is 72.8 Å². The summed E-state index contributed by atoms with van der Waals surface area (Å²) in [5.41, 5.74) is 17.4. The third-order valence-electron chi connectivity index (χ3n) is 14.7. The normalized spacial score (nSPS) is 16.3. The zero-order valence-electron chi connectivity index (χ0n) is 53.8. The highest BCUT2D eigenvalue weighted by molar-refractivity contribution is 5.92. The van der Waals surface area contributed by atoms with Crippen molar-refractivity contribution in [1.82, 2.24) is 31.9 Å². The van der Waals surface area contributed by atoms with E-state index in [1.54, 1.807) is 120 Å². The maximum atomic E-state index is 15.0. The van der Waals surface area contributed by atoms with Crippen LogP contribution in [0.25, 0.3) is 33.4 Å². The average molecular weight is 1310 g/mol. The number of nitrogens with one attached hydrogen (secondary N) is 6. The van der Waals surface area contributed by atoms with Crippen molar-refractivity contribution in [2.24, 2.45) is 11.5 Å². The molecule has 0 radical (unpaired) electrons. The Balaban J connectivity index is 0.000000205. The second-order valence-electron chi connectivity index (χ2n) is 23.5. The number of benzene rings is 6. The van der Waals surface area contributed by atoms with Crippen molar-refractivity contribution >= 4 is 71.0 Å². The molecule has 9 rings (SSSR count). The van der Waals surface area contributed by atoms with E-state index in [1.165, 1.54) is 53.7 Å². The van der Waals surface area contributed by atoms with Gasteiger partial charge in [-0.2, -0.15) is 0 Å². The van der Waals surface area contributed by atoms with Crippen molar-refractivity contribution in [2.45, 2.75) is 111 Å². The van der Waals surface area contributed by atoms with Crippen molar-refractivity contribution in [3.05, 3.63) is 162 Å². The van der Waals surface area contributed by atoms with Crippen LogP contribution < -0.4 is 58.1 Å². The summed E-state index contributed by atoms with van der Waals surface area (Å²) >= 11 is 0. The van der Waals surface area contributed by atoms with Gasteiger partial charge in [0.25, 0.3) is 0 Å². The summed E-state index contributed by atoms with van der Waals surface area (Å²) in [6.45, 7) is 14.8. The van der Waals surface area contributed by atoms with Gasteiger partial charge in [0.15, 0.2) is 0 Å². The number of halogens is 3. The Bertz CT molecular complexity index is 3760. The van der Waals surface area contributed by atoms with Crippen LogP contribution in [0.2, 0.25) is 0 Å². The zero-order valence-corrected chi connectivity index (χ0v) is 53.8. The topological polar surface area (TPSA) is 324 Å². The van der Waals surface area contributed by atoms with Crippen molar-refractivity contribution in [2.75, 3.05) is 54.0 Å². The van der Waals surface area contributed by atoms with Crippen LogP contribution >= 0.6 is 0 Å². The highest BCUT2D eigenvalue weighted by atomic mass is 19.1. The number of alkyl carbamates (subject to hydrolysis) is 1. The van der Waals surface area contributed by atoms with E-state index < -0.39 is 77.8 Å². The third kappa shape index (κ3) is 21.0. The van der Waals surface area contributed by atoms with Gasteiger partial charge in [0.1, 0.15) is 47.4 Å². The lowest BCUT2D eigenvalue weighted by atomic mass is 10.0. The summed E-state index contributed by atoms with van der Waals surface area (Å²) in [6.07, 6.45) is -3.88. The van der Waals surface area contributed by atoms with E-state index in [9.17, 15) is 56.3 Å². The Morgan fingerprint density at radius 3 is 1.11 bits per heavy atom. The van der Waals surface area contributed by atoms with E-state index in [0.29, 0.717) is 58.0 Å². The van der Waals surface area contributed by atoms with Crippen LogP contribution in [0.5, 0.6) is 0 Å². The molecular formula is C68H78F3N11O13. The van der Waals surface area contributed by atoms with E-state index in [4.69, 9.17) is 30.4 Å². The molecule has 6 aromatic rings. The molecule has 0 bridgehead atoms. The minimum Gasteiger partial charge on any atom is -0.444 e. The molecule has 6 aromatic carbocycles.